The van der Waals surface area contributed by atoms with Gasteiger partial charge in [-0.2, -0.15) is 0 Å². The standard InChI is InChI=1S/C12H16FNO/c1-12(2)10(11(12)14)7-4-5-8(13)9(6-7)15-3/h4-6,10-11H,14H2,1-3H3/t10-,11-/m0/s1. The van der Waals surface area contributed by atoms with Gasteiger partial charge in [-0.25, -0.2) is 4.39 Å². The summed E-state index contributed by atoms with van der Waals surface area (Å²) in [6.07, 6.45) is 0. The fraction of sp³-hybridized carbons (Fsp3) is 0.500. The first-order chi connectivity index (χ1) is 6.98. The minimum absolute atomic E-state index is 0.114. The Kier molecular flexibility index (Phi) is 2.23. The van der Waals surface area contributed by atoms with E-state index in [1.807, 2.05) is 0 Å². The molecule has 1 aliphatic rings. The Hall–Kier alpha value is -1.09. The fourth-order valence-electron chi connectivity index (χ4n) is 2.18. The Morgan fingerprint density at radius 2 is 2.00 bits per heavy atom. The lowest BCUT2D eigenvalue weighted by atomic mass is 10.0. The highest BCUT2D eigenvalue weighted by molar-refractivity contribution is 5.39. The molecule has 0 amide bonds. The van der Waals surface area contributed by atoms with Crippen LogP contribution >= 0.6 is 0 Å². The Morgan fingerprint density at radius 1 is 1.40 bits per heavy atom. The molecule has 1 fully saturated rings. The molecule has 0 aromatic heterocycles. The van der Waals surface area contributed by atoms with Crippen LogP contribution in [0.2, 0.25) is 0 Å². The highest BCUT2D eigenvalue weighted by atomic mass is 19.1. The zero-order valence-corrected chi connectivity index (χ0v) is 9.25. The van der Waals surface area contributed by atoms with Crippen LogP contribution in [0.3, 0.4) is 0 Å². The molecule has 0 unspecified atom stereocenters. The van der Waals surface area contributed by atoms with E-state index in [1.54, 1.807) is 12.1 Å². The molecule has 1 aromatic carbocycles. The Morgan fingerprint density at radius 3 is 2.47 bits per heavy atom. The van der Waals surface area contributed by atoms with Crippen LogP contribution in [0.4, 0.5) is 4.39 Å². The highest BCUT2D eigenvalue weighted by Crippen LogP contribution is 2.57. The van der Waals surface area contributed by atoms with E-state index < -0.39 is 0 Å². The molecule has 0 aliphatic heterocycles. The van der Waals surface area contributed by atoms with Gasteiger partial charge in [0, 0.05) is 12.0 Å². The van der Waals surface area contributed by atoms with Crippen molar-refractivity contribution in [3.8, 4) is 5.75 Å². The summed E-state index contributed by atoms with van der Waals surface area (Å²) < 4.78 is 18.1. The van der Waals surface area contributed by atoms with Crippen molar-refractivity contribution in [3.05, 3.63) is 29.6 Å². The Balaban J connectivity index is 2.32. The third kappa shape index (κ3) is 1.51. The van der Waals surface area contributed by atoms with Gasteiger partial charge < -0.3 is 10.5 Å². The van der Waals surface area contributed by atoms with Gasteiger partial charge in [0.05, 0.1) is 7.11 Å². The molecule has 1 saturated carbocycles. The van der Waals surface area contributed by atoms with Gasteiger partial charge in [-0.15, -0.1) is 0 Å². The van der Waals surface area contributed by atoms with Crippen molar-refractivity contribution in [2.45, 2.75) is 25.8 Å². The molecule has 82 valence electrons. The number of methoxy groups -OCH3 is 1. The van der Waals surface area contributed by atoms with Gasteiger partial charge in [-0.05, 0) is 23.1 Å². The van der Waals surface area contributed by atoms with E-state index in [9.17, 15) is 4.39 Å². The lowest BCUT2D eigenvalue weighted by Gasteiger charge is -2.06. The van der Waals surface area contributed by atoms with Crippen molar-refractivity contribution in [2.75, 3.05) is 7.11 Å². The molecule has 2 nitrogen and oxygen atoms in total. The number of nitrogens with two attached hydrogens (primary N) is 1. The summed E-state index contributed by atoms with van der Waals surface area (Å²) in [4.78, 5) is 0. The normalized spacial score (nSPS) is 27.5. The van der Waals surface area contributed by atoms with E-state index in [2.05, 4.69) is 13.8 Å². The quantitative estimate of drug-likeness (QED) is 0.811. The zero-order valence-electron chi connectivity index (χ0n) is 9.25. The molecule has 0 saturated heterocycles. The maximum absolute atomic E-state index is 13.2. The average Bonchev–Trinajstić information content (AvgIpc) is 2.68. The van der Waals surface area contributed by atoms with Crippen LogP contribution in [0.1, 0.15) is 25.3 Å². The molecular weight excluding hydrogens is 193 g/mol. The molecule has 2 N–H and O–H groups in total. The van der Waals surface area contributed by atoms with Gasteiger partial charge in [-0.1, -0.05) is 19.9 Å². The highest BCUT2D eigenvalue weighted by Gasteiger charge is 2.56. The van der Waals surface area contributed by atoms with Crippen LogP contribution in [0, 0.1) is 11.2 Å². The Bertz CT molecular complexity index is 389. The van der Waals surface area contributed by atoms with E-state index in [4.69, 9.17) is 10.5 Å². The van der Waals surface area contributed by atoms with Crippen LogP contribution < -0.4 is 10.5 Å². The number of halogens is 1. The Labute approximate surface area is 89.2 Å². The van der Waals surface area contributed by atoms with Crippen molar-refractivity contribution in [2.24, 2.45) is 11.1 Å². The van der Waals surface area contributed by atoms with Crippen LogP contribution in [-0.4, -0.2) is 13.2 Å². The monoisotopic (exact) mass is 209 g/mol. The summed E-state index contributed by atoms with van der Waals surface area (Å²) in [6, 6.07) is 5.13. The third-order valence-corrected chi connectivity index (χ3v) is 3.44. The summed E-state index contributed by atoms with van der Waals surface area (Å²) in [6.45, 7) is 4.25. The van der Waals surface area contributed by atoms with Gasteiger partial charge >= 0.3 is 0 Å². The smallest absolute Gasteiger partial charge is 0.165 e. The fourth-order valence-corrected chi connectivity index (χ4v) is 2.18. The third-order valence-electron chi connectivity index (χ3n) is 3.44. The van der Waals surface area contributed by atoms with Crippen molar-refractivity contribution < 1.29 is 9.13 Å². The van der Waals surface area contributed by atoms with E-state index >= 15 is 0 Å². The van der Waals surface area contributed by atoms with Crippen LogP contribution in [-0.2, 0) is 0 Å². The minimum Gasteiger partial charge on any atom is -0.494 e. The molecule has 3 heteroatoms. The number of ether oxygens (including phenoxy) is 1. The summed E-state index contributed by atoms with van der Waals surface area (Å²) in [5, 5.41) is 0. The average molecular weight is 209 g/mol. The molecule has 0 heterocycles. The second-order valence-corrected chi connectivity index (χ2v) is 4.72. The number of hydrogen-bond acceptors (Lipinski definition) is 2. The van der Waals surface area contributed by atoms with Crippen LogP contribution in [0.25, 0.3) is 0 Å². The maximum atomic E-state index is 13.2. The summed E-state index contributed by atoms with van der Waals surface area (Å²) >= 11 is 0. The van der Waals surface area contributed by atoms with E-state index in [-0.39, 0.29) is 17.3 Å². The van der Waals surface area contributed by atoms with Crippen molar-refractivity contribution in [1.29, 1.82) is 0 Å². The van der Waals surface area contributed by atoms with E-state index in [1.165, 1.54) is 13.2 Å². The molecular formula is C12H16FNO. The predicted octanol–water partition coefficient (Wildman–Crippen LogP) is 2.29. The predicted molar refractivity (Wildman–Crippen MR) is 57.4 cm³/mol. The first-order valence-electron chi connectivity index (χ1n) is 5.07. The SMILES string of the molecule is COc1cc([C@H]2[C@H](N)C2(C)C)ccc1F. The molecule has 1 aromatic rings. The molecule has 0 bridgehead atoms. The summed E-state index contributed by atoms with van der Waals surface area (Å²) in [5.74, 6) is 0.280. The van der Waals surface area contributed by atoms with E-state index in [0.717, 1.165) is 5.56 Å². The largest absolute Gasteiger partial charge is 0.494 e. The molecule has 15 heavy (non-hydrogen) atoms. The molecule has 0 radical (unpaired) electrons. The van der Waals surface area contributed by atoms with Crippen molar-refractivity contribution in [1.82, 2.24) is 0 Å². The molecule has 2 atom stereocenters. The maximum Gasteiger partial charge on any atom is 0.165 e. The topological polar surface area (TPSA) is 35.2 Å². The van der Waals surface area contributed by atoms with Crippen LogP contribution in [0.5, 0.6) is 5.75 Å². The lowest BCUT2D eigenvalue weighted by molar-refractivity contribution is 0.385. The number of benzene rings is 1. The van der Waals surface area contributed by atoms with Crippen molar-refractivity contribution in [3.63, 3.8) is 0 Å². The van der Waals surface area contributed by atoms with E-state index in [0.29, 0.717) is 11.7 Å². The van der Waals surface area contributed by atoms with Gasteiger partial charge in [-0.3, -0.25) is 0 Å². The van der Waals surface area contributed by atoms with Gasteiger partial charge in [0.15, 0.2) is 11.6 Å². The zero-order chi connectivity index (χ0) is 11.2. The molecule has 0 spiro atoms. The first-order valence-corrected chi connectivity index (χ1v) is 5.07. The number of rotatable bonds is 2. The first kappa shape index (κ1) is 10.4. The van der Waals surface area contributed by atoms with Gasteiger partial charge in [0.25, 0.3) is 0 Å². The van der Waals surface area contributed by atoms with Gasteiger partial charge in [0.1, 0.15) is 0 Å². The molecule has 2 rings (SSSR count). The van der Waals surface area contributed by atoms with Crippen LogP contribution in [0.15, 0.2) is 18.2 Å². The summed E-state index contributed by atoms with van der Waals surface area (Å²) in [7, 11) is 1.47. The second-order valence-electron chi connectivity index (χ2n) is 4.72. The minimum atomic E-state index is -0.326. The van der Waals surface area contributed by atoms with Gasteiger partial charge in [0.2, 0.25) is 0 Å². The lowest BCUT2D eigenvalue weighted by Crippen LogP contribution is -2.06. The number of hydrogen-bond donors (Lipinski definition) is 1. The summed E-state index contributed by atoms with van der Waals surface area (Å²) in [5.41, 5.74) is 7.15. The second kappa shape index (κ2) is 3.20. The van der Waals surface area contributed by atoms with Crippen molar-refractivity contribution >= 4 is 0 Å². The molecule has 1 aliphatic carbocycles.